The number of amides is 1. The third kappa shape index (κ3) is 5.72. The summed E-state index contributed by atoms with van der Waals surface area (Å²) in [4.78, 5) is 25.8. The molecule has 0 bridgehead atoms. The molecule has 0 aliphatic rings. The van der Waals surface area contributed by atoms with Gasteiger partial charge in [0, 0.05) is 15.7 Å². The zero-order chi connectivity index (χ0) is 24.9. The number of nitrogens with zero attached hydrogens (tertiary/aromatic N) is 1. The second-order valence-electron chi connectivity index (χ2n) is 7.35. The van der Waals surface area contributed by atoms with Crippen molar-refractivity contribution in [3.05, 3.63) is 110 Å². The molecule has 0 atom stereocenters. The minimum Gasteiger partial charge on any atom is -0.422 e. The van der Waals surface area contributed by atoms with E-state index < -0.39 is 11.9 Å². The summed E-state index contributed by atoms with van der Waals surface area (Å²) in [7, 11) is 0. The van der Waals surface area contributed by atoms with Crippen molar-refractivity contribution >= 4 is 73.5 Å². The maximum Gasteiger partial charge on any atom is 0.344 e. The highest BCUT2D eigenvalue weighted by Gasteiger charge is 2.16. The van der Waals surface area contributed by atoms with Crippen LogP contribution in [0.4, 0.5) is 5.69 Å². The van der Waals surface area contributed by atoms with Crippen LogP contribution in [-0.2, 0) is 4.79 Å². The lowest BCUT2D eigenvalue weighted by Crippen LogP contribution is -2.14. The second kappa shape index (κ2) is 10.7. The van der Waals surface area contributed by atoms with Crippen LogP contribution < -0.4 is 10.1 Å². The standard InChI is InChI=1S/C27H15BrCl2N2O3/c28-19-8-11-25(35-27(34)22-7-3-5-16-4-1-2-6-21(16)22)17(13-19)12-18(15-31)26(33)32-20-9-10-23(29)24(30)14-20/h1-14H,(H,32,33)/b18-12+. The molecule has 172 valence electrons. The SMILES string of the molecule is N#C/C(=C\c1cc(Br)ccc1OC(=O)c1cccc2ccccc12)C(=O)Nc1ccc(Cl)c(Cl)c1. The van der Waals surface area contributed by atoms with E-state index in [1.165, 1.54) is 18.2 Å². The van der Waals surface area contributed by atoms with E-state index in [1.54, 1.807) is 36.4 Å². The van der Waals surface area contributed by atoms with E-state index in [9.17, 15) is 14.9 Å². The Kier molecular flexibility index (Phi) is 7.52. The highest BCUT2D eigenvalue weighted by atomic mass is 79.9. The van der Waals surface area contributed by atoms with Gasteiger partial charge in [-0.05, 0) is 59.3 Å². The van der Waals surface area contributed by atoms with E-state index in [1.807, 2.05) is 36.4 Å². The quantitative estimate of drug-likeness (QED) is 0.116. The van der Waals surface area contributed by atoms with E-state index in [4.69, 9.17) is 27.9 Å². The van der Waals surface area contributed by atoms with Crippen LogP contribution in [0.3, 0.4) is 0 Å². The van der Waals surface area contributed by atoms with Crippen molar-refractivity contribution in [2.75, 3.05) is 5.32 Å². The molecule has 4 aromatic carbocycles. The predicted molar refractivity (Wildman–Crippen MR) is 142 cm³/mol. The Hall–Kier alpha value is -3.63. The number of hydrogen-bond donors (Lipinski definition) is 1. The highest BCUT2D eigenvalue weighted by Crippen LogP contribution is 2.29. The van der Waals surface area contributed by atoms with Gasteiger partial charge >= 0.3 is 5.97 Å². The average molecular weight is 566 g/mol. The summed E-state index contributed by atoms with van der Waals surface area (Å²) < 4.78 is 6.37. The zero-order valence-electron chi connectivity index (χ0n) is 17.9. The molecule has 8 heteroatoms. The molecule has 0 saturated heterocycles. The lowest BCUT2D eigenvalue weighted by molar-refractivity contribution is -0.112. The second-order valence-corrected chi connectivity index (χ2v) is 9.08. The van der Waals surface area contributed by atoms with Gasteiger partial charge in [0.05, 0.1) is 15.6 Å². The number of carbonyl (C=O) groups is 2. The number of anilines is 1. The van der Waals surface area contributed by atoms with Crippen LogP contribution in [0.5, 0.6) is 5.75 Å². The molecule has 5 nitrogen and oxygen atoms in total. The number of halogens is 3. The fraction of sp³-hybridized carbons (Fsp3) is 0. The molecule has 0 unspecified atom stereocenters. The molecular weight excluding hydrogens is 551 g/mol. The first-order valence-electron chi connectivity index (χ1n) is 10.2. The van der Waals surface area contributed by atoms with E-state index in [-0.39, 0.29) is 16.3 Å². The first-order valence-corrected chi connectivity index (χ1v) is 11.8. The molecule has 0 heterocycles. The Balaban J connectivity index is 1.64. The Bertz CT molecular complexity index is 1540. The Labute approximate surface area is 219 Å². The third-order valence-electron chi connectivity index (χ3n) is 5.03. The number of rotatable bonds is 5. The van der Waals surface area contributed by atoms with Gasteiger partial charge in [-0.15, -0.1) is 0 Å². The predicted octanol–water partition coefficient (Wildman–Crippen LogP) is 7.67. The van der Waals surface area contributed by atoms with E-state index in [0.717, 1.165) is 10.8 Å². The molecule has 1 N–H and O–H groups in total. The van der Waals surface area contributed by atoms with Crippen LogP contribution in [0, 0.1) is 11.3 Å². The molecule has 35 heavy (non-hydrogen) atoms. The summed E-state index contributed by atoms with van der Waals surface area (Å²) >= 11 is 15.3. The van der Waals surface area contributed by atoms with Crippen LogP contribution in [0.15, 0.2) is 88.9 Å². The van der Waals surface area contributed by atoms with Crippen LogP contribution in [0.25, 0.3) is 16.8 Å². The number of esters is 1. The van der Waals surface area contributed by atoms with Crippen molar-refractivity contribution in [3.8, 4) is 11.8 Å². The van der Waals surface area contributed by atoms with Crippen LogP contribution >= 0.6 is 39.1 Å². The fourth-order valence-corrected chi connectivity index (χ4v) is 4.04. The number of nitrogens with one attached hydrogen (secondary N) is 1. The summed E-state index contributed by atoms with van der Waals surface area (Å²) in [5, 5.41) is 14.5. The van der Waals surface area contributed by atoms with Gasteiger partial charge < -0.3 is 10.1 Å². The molecule has 0 aromatic heterocycles. The summed E-state index contributed by atoms with van der Waals surface area (Å²) in [6.45, 7) is 0. The van der Waals surface area contributed by atoms with Gasteiger partial charge in [0.2, 0.25) is 0 Å². The van der Waals surface area contributed by atoms with Crippen LogP contribution in [0.2, 0.25) is 10.0 Å². The summed E-state index contributed by atoms with van der Waals surface area (Å²) in [5.74, 6) is -1.02. The molecule has 4 aromatic rings. The Morgan fingerprint density at radius 3 is 2.49 bits per heavy atom. The lowest BCUT2D eigenvalue weighted by Gasteiger charge is -2.11. The maximum absolute atomic E-state index is 13.0. The Morgan fingerprint density at radius 2 is 1.71 bits per heavy atom. The summed E-state index contributed by atoms with van der Waals surface area (Å²) in [6, 6.07) is 24.3. The molecule has 4 rings (SSSR count). The van der Waals surface area contributed by atoms with Crippen molar-refractivity contribution in [3.63, 3.8) is 0 Å². The van der Waals surface area contributed by atoms with Crippen LogP contribution in [0.1, 0.15) is 15.9 Å². The van der Waals surface area contributed by atoms with Gasteiger partial charge in [-0.25, -0.2) is 4.79 Å². The van der Waals surface area contributed by atoms with Gasteiger partial charge in [-0.2, -0.15) is 5.26 Å². The molecule has 0 saturated carbocycles. The normalized spacial score (nSPS) is 11.1. The number of hydrogen-bond acceptors (Lipinski definition) is 4. The minimum atomic E-state index is -0.655. The third-order valence-corrected chi connectivity index (χ3v) is 6.26. The van der Waals surface area contributed by atoms with Gasteiger partial charge in [0.15, 0.2) is 0 Å². The summed E-state index contributed by atoms with van der Waals surface area (Å²) in [6.07, 6.45) is 1.35. The molecule has 0 aliphatic carbocycles. The van der Waals surface area contributed by atoms with E-state index >= 15 is 0 Å². The van der Waals surface area contributed by atoms with Crippen molar-refractivity contribution in [2.45, 2.75) is 0 Å². The smallest absolute Gasteiger partial charge is 0.344 e. The van der Waals surface area contributed by atoms with Gasteiger partial charge in [-0.3, -0.25) is 4.79 Å². The molecule has 1 amide bonds. The van der Waals surface area contributed by atoms with Gasteiger partial charge in [0.1, 0.15) is 17.4 Å². The summed E-state index contributed by atoms with van der Waals surface area (Å²) in [5.41, 5.74) is 0.951. The van der Waals surface area contributed by atoms with E-state index in [2.05, 4.69) is 21.2 Å². The minimum absolute atomic E-state index is 0.196. The number of ether oxygens (including phenoxy) is 1. The number of fused-ring (bicyclic) bond motifs is 1. The van der Waals surface area contributed by atoms with E-state index in [0.29, 0.717) is 26.3 Å². The molecule has 0 spiro atoms. The first kappa shape index (κ1) is 24.5. The average Bonchev–Trinajstić information content (AvgIpc) is 2.85. The van der Waals surface area contributed by atoms with Crippen molar-refractivity contribution in [1.29, 1.82) is 5.26 Å². The largest absolute Gasteiger partial charge is 0.422 e. The number of carbonyl (C=O) groups excluding carboxylic acids is 2. The Morgan fingerprint density at radius 1 is 0.943 bits per heavy atom. The van der Waals surface area contributed by atoms with Crippen molar-refractivity contribution in [1.82, 2.24) is 0 Å². The lowest BCUT2D eigenvalue weighted by atomic mass is 10.0. The van der Waals surface area contributed by atoms with Gasteiger partial charge in [-0.1, -0.05) is 75.5 Å². The number of nitriles is 1. The highest BCUT2D eigenvalue weighted by molar-refractivity contribution is 9.10. The van der Waals surface area contributed by atoms with Crippen molar-refractivity contribution < 1.29 is 14.3 Å². The first-order chi connectivity index (χ1) is 16.9. The molecular formula is C27H15BrCl2N2O3. The van der Waals surface area contributed by atoms with Crippen LogP contribution in [-0.4, -0.2) is 11.9 Å². The topological polar surface area (TPSA) is 79.2 Å². The monoisotopic (exact) mass is 564 g/mol. The van der Waals surface area contributed by atoms with Crippen molar-refractivity contribution in [2.24, 2.45) is 0 Å². The fourth-order valence-electron chi connectivity index (χ4n) is 3.36. The van der Waals surface area contributed by atoms with Gasteiger partial charge in [0.25, 0.3) is 5.91 Å². The molecule has 0 fully saturated rings. The molecule has 0 radical (unpaired) electrons. The zero-order valence-corrected chi connectivity index (χ0v) is 21.0. The maximum atomic E-state index is 13.0. The number of benzene rings is 4. The molecule has 0 aliphatic heterocycles.